The number of carboxylic acids is 1. The molecule has 2 aliphatic rings. The van der Waals surface area contributed by atoms with Gasteiger partial charge in [0.1, 0.15) is 0 Å². The molecule has 4 aromatic carbocycles. The molecule has 0 radical (unpaired) electrons. The molecule has 8 heteroatoms. The standard InChI is InChI=1S/C22H21ClO2S.C20H17ClO2S/c1-4-25-21(24)17-9-7-16(14-19(17)23)6-5-15-8-10-20-18(13-15)22(2,3)11-12-26-20;1-20(2)9-10-24-18-8-6-13(11-16(18)20)3-4-14-5-7-15(19(22)23)17(21)12-14/h7-10,13-14H,4,11-12H2,1-3H3;5-8,11-12H,9-10H2,1-2H3,(H,22,23). The number of carbonyl (C=O) groups excluding carboxylic acids is 1. The number of esters is 1. The summed E-state index contributed by atoms with van der Waals surface area (Å²) in [6, 6.07) is 22.7. The summed E-state index contributed by atoms with van der Waals surface area (Å²) >= 11 is 16.0. The largest absolute Gasteiger partial charge is 0.478 e. The van der Waals surface area contributed by atoms with Gasteiger partial charge in [-0.25, -0.2) is 9.59 Å². The molecule has 0 aromatic heterocycles. The average molecular weight is 742 g/mol. The van der Waals surface area contributed by atoms with Gasteiger partial charge in [-0.3, -0.25) is 0 Å². The molecule has 4 nitrogen and oxygen atoms in total. The number of aromatic carboxylic acids is 1. The van der Waals surface area contributed by atoms with E-state index in [1.54, 1.807) is 37.3 Å². The monoisotopic (exact) mass is 740 g/mol. The third-order valence-corrected chi connectivity index (χ3v) is 11.5. The van der Waals surface area contributed by atoms with Crippen molar-refractivity contribution in [2.24, 2.45) is 0 Å². The molecule has 6 rings (SSSR count). The van der Waals surface area contributed by atoms with Crippen LogP contribution in [-0.2, 0) is 15.6 Å². The topological polar surface area (TPSA) is 63.6 Å². The number of hydrogen-bond acceptors (Lipinski definition) is 5. The molecule has 0 bridgehead atoms. The number of ether oxygens (including phenoxy) is 1. The number of hydrogen-bond donors (Lipinski definition) is 1. The first-order valence-corrected chi connectivity index (χ1v) is 19.1. The third-order valence-electron chi connectivity index (χ3n) is 8.75. The Morgan fingerprint density at radius 3 is 1.48 bits per heavy atom. The van der Waals surface area contributed by atoms with E-state index in [1.165, 1.54) is 33.4 Å². The lowest BCUT2D eigenvalue weighted by Gasteiger charge is -2.32. The van der Waals surface area contributed by atoms with Crippen molar-refractivity contribution in [3.63, 3.8) is 0 Å². The van der Waals surface area contributed by atoms with Crippen molar-refractivity contribution in [3.05, 3.63) is 127 Å². The predicted octanol–water partition coefficient (Wildman–Crippen LogP) is 10.9. The van der Waals surface area contributed by atoms with Crippen LogP contribution in [0.3, 0.4) is 0 Å². The predicted molar refractivity (Wildman–Crippen MR) is 207 cm³/mol. The van der Waals surface area contributed by atoms with Gasteiger partial charge in [-0.1, -0.05) is 74.6 Å². The maximum absolute atomic E-state index is 11.8. The summed E-state index contributed by atoms with van der Waals surface area (Å²) in [7, 11) is 0. The van der Waals surface area contributed by atoms with E-state index in [9.17, 15) is 9.59 Å². The van der Waals surface area contributed by atoms with E-state index in [1.807, 2.05) is 29.6 Å². The molecule has 0 fully saturated rings. The van der Waals surface area contributed by atoms with E-state index >= 15 is 0 Å². The minimum atomic E-state index is -1.03. The van der Waals surface area contributed by atoms with Gasteiger partial charge >= 0.3 is 11.9 Å². The Bertz CT molecular complexity index is 2080. The van der Waals surface area contributed by atoms with Crippen molar-refractivity contribution in [3.8, 4) is 23.7 Å². The first-order valence-electron chi connectivity index (χ1n) is 16.4. The van der Waals surface area contributed by atoms with Crippen LogP contribution in [0.15, 0.2) is 82.6 Å². The second-order valence-corrected chi connectivity index (χ2v) is 16.4. The van der Waals surface area contributed by atoms with Crippen LogP contribution in [0.5, 0.6) is 0 Å². The van der Waals surface area contributed by atoms with Crippen LogP contribution >= 0.6 is 46.7 Å². The van der Waals surface area contributed by atoms with Gasteiger partial charge in [-0.05, 0) is 126 Å². The maximum atomic E-state index is 11.8. The molecular weight excluding hydrogens is 703 g/mol. The zero-order chi connectivity index (χ0) is 36.1. The highest BCUT2D eigenvalue weighted by Crippen LogP contribution is 2.42. The van der Waals surface area contributed by atoms with Gasteiger partial charge in [0.05, 0.1) is 27.8 Å². The zero-order valence-corrected chi connectivity index (χ0v) is 31.9. The Morgan fingerprint density at radius 1 is 0.680 bits per heavy atom. The summed E-state index contributed by atoms with van der Waals surface area (Å²) in [5.74, 6) is 13.5. The van der Waals surface area contributed by atoms with Gasteiger partial charge in [0.15, 0.2) is 0 Å². The molecule has 0 atom stereocenters. The fourth-order valence-electron chi connectivity index (χ4n) is 5.65. The molecular formula is C42H38Cl2O4S2. The van der Waals surface area contributed by atoms with Crippen molar-refractivity contribution >= 4 is 58.7 Å². The quantitative estimate of drug-likeness (QED) is 0.167. The molecule has 0 aliphatic carbocycles. The van der Waals surface area contributed by atoms with Gasteiger partial charge in [0, 0.05) is 32.0 Å². The summed E-state index contributed by atoms with van der Waals surface area (Å²) in [5.41, 5.74) is 6.97. The summed E-state index contributed by atoms with van der Waals surface area (Å²) in [5, 5.41) is 9.57. The molecule has 0 amide bonds. The Morgan fingerprint density at radius 2 is 1.08 bits per heavy atom. The Kier molecular flexibility index (Phi) is 12.0. The minimum Gasteiger partial charge on any atom is -0.478 e. The van der Waals surface area contributed by atoms with E-state index in [0.717, 1.165) is 34.6 Å². The first kappa shape index (κ1) is 37.5. The van der Waals surface area contributed by atoms with Crippen molar-refractivity contribution in [2.75, 3.05) is 18.1 Å². The highest BCUT2D eigenvalue weighted by molar-refractivity contribution is 7.99. The summed E-state index contributed by atoms with van der Waals surface area (Å²) in [6.45, 7) is 11.2. The first-order chi connectivity index (χ1) is 23.8. The van der Waals surface area contributed by atoms with Gasteiger partial charge < -0.3 is 9.84 Å². The minimum absolute atomic E-state index is 0.0924. The van der Waals surface area contributed by atoms with Gasteiger partial charge in [0.25, 0.3) is 0 Å². The molecule has 2 heterocycles. The molecule has 4 aromatic rings. The van der Waals surface area contributed by atoms with Crippen LogP contribution in [0.2, 0.25) is 10.0 Å². The zero-order valence-electron chi connectivity index (χ0n) is 28.7. The van der Waals surface area contributed by atoms with Crippen molar-refractivity contribution in [1.82, 2.24) is 0 Å². The van der Waals surface area contributed by atoms with Crippen molar-refractivity contribution in [1.29, 1.82) is 0 Å². The lowest BCUT2D eigenvalue weighted by molar-refractivity contribution is 0.0526. The van der Waals surface area contributed by atoms with Gasteiger partial charge in [-0.2, -0.15) is 0 Å². The lowest BCUT2D eigenvalue weighted by atomic mass is 9.81. The number of carboxylic acid groups (broad SMARTS) is 1. The molecule has 0 unspecified atom stereocenters. The third kappa shape index (κ3) is 9.11. The Hall–Kier alpha value is -3.78. The van der Waals surface area contributed by atoms with Gasteiger partial charge in [0.2, 0.25) is 0 Å². The number of fused-ring (bicyclic) bond motifs is 2. The number of rotatable bonds is 3. The van der Waals surface area contributed by atoms with E-state index in [4.69, 9.17) is 33.0 Å². The highest BCUT2D eigenvalue weighted by Gasteiger charge is 2.28. The van der Waals surface area contributed by atoms with Crippen molar-refractivity contribution in [2.45, 2.75) is 68.1 Å². The molecule has 2 aliphatic heterocycles. The van der Waals surface area contributed by atoms with Crippen LogP contribution in [0, 0.1) is 23.7 Å². The van der Waals surface area contributed by atoms with E-state index in [2.05, 4.69) is 81.7 Å². The second-order valence-electron chi connectivity index (χ2n) is 13.3. The molecule has 0 saturated carbocycles. The van der Waals surface area contributed by atoms with E-state index < -0.39 is 11.9 Å². The highest BCUT2D eigenvalue weighted by atomic mass is 35.5. The smallest absolute Gasteiger partial charge is 0.339 e. The van der Waals surface area contributed by atoms with Crippen LogP contribution in [-0.4, -0.2) is 35.2 Å². The second kappa shape index (κ2) is 16.1. The summed E-state index contributed by atoms with van der Waals surface area (Å²) in [6.07, 6.45) is 2.33. The fourth-order valence-corrected chi connectivity index (χ4v) is 9.14. The lowest BCUT2D eigenvalue weighted by Crippen LogP contribution is -2.22. The molecule has 256 valence electrons. The van der Waals surface area contributed by atoms with Crippen molar-refractivity contribution < 1.29 is 19.4 Å². The maximum Gasteiger partial charge on any atom is 0.339 e. The van der Waals surface area contributed by atoms with Crippen LogP contribution in [0.1, 0.15) is 102 Å². The summed E-state index contributed by atoms with van der Waals surface area (Å²) in [4.78, 5) is 25.5. The number of halogens is 2. The van der Waals surface area contributed by atoms with Crippen LogP contribution in [0.4, 0.5) is 0 Å². The van der Waals surface area contributed by atoms with E-state index in [-0.39, 0.29) is 21.4 Å². The van der Waals surface area contributed by atoms with Crippen LogP contribution < -0.4 is 0 Å². The van der Waals surface area contributed by atoms with Crippen LogP contribution in [0.25, 0.3) is 0 Å². The SMILES string of the molecule is CC1(C)CCSc2ccc(C#Cc3ccc(C(=O)O)c(Cl)c3)cc21.CCOC(=O)c1ccc(C#Cc2ccc3c(c2)C(C)(C)CCS3)cc1Cl. The Balaban J connectivity index is 0.000000195. The molecule has 0 saturated heterocycles. The summed E-state index contributed by atoms with van der Waals surface area (Å²) < 4.78 is 4.99. The Labute approximate surface area is 313 Å². The van der Waals surface area contributed by atoms with Gasteiger partial charge in [-0.15, -0.1) is 23.5 Å². The fraction of sp³-hybridized carbons (Fsp3) is 0.286. The number of carbonyl (C=O) groups is 2. The molecule has 0 spiro atoms. The average Bonchev–Trinajstić information content (AvgIpc) is 3.07. The number of benzene rings is 4. The van der Waals surface area contributed by atoms with E-state index in [0.29, 0.717) is 22.8 Å². The molecule has 1 N–H and O–H groups in total. The normalized spacial score (nSPS) is 14.9. The number of thioether (sulfide) groups is 2. The molecule has 50 heavy (non-hydrogen) atoms.